The molecule has 0 radical (unpaired) electrons. The third kappa shape index (κ3) is 2.86. The number of hydrogen-bond acceptors (Lipinski definition) is 6. The van der Waals surface area contributed by atoms with E-state index in [-0.39, 0.29) is 0 Å². The molecule has 1 aliphatic rings. The maximum Gasteiger partial charge on any atom is 0.252 e. The molecule has 2 aromatic heterocycles. The maximum absolute atomic E-state index is 12.6. The van der Waals surface area contributed by atoms with Crippen LogP contribution in [0.5, 0.6) is 5.88 Å². The number of fused-ring (bicyclic) bond motifs is 1. The molecule has 6 nitrogen and oxygen atoms in total. The fraction of sp³-hybridized carbons (Fsp3) is 0.429. The molecule has 0 aliphatic carbocycles. The van der Waals surface area contributed by atoms with Crippen molar-refractivity contribution in [3.63, 3.8) is 0 Å². The third-order valence-electron chi connectivity index (χ3n) is 3.57. The Hall–Kier alpha value is -1.51. The molecule has 0 unspecified atom stereocenters. The molecule has 118 valence electrons. The van der Waals surface area contributed by atoms with Crippen LogP contribution in [0.1, 0.15) is 18.2 Å². The number of rotatable bonds is 4. The van der Waals surface area contributed by atoms with Crippen LogP contribution in [0.25, 0.3) is 0 Å². The van der Waals surface area contributed by atoms with Crippen LogP contribution in [-0.4, -0.2) is 42.4 Å². The molecule has 22 heavy (non-hydrogen) atoms. The second-order valence-electron chi connectivity index (χ2n) is 4.87. The number of aromatic nitrogens is 2. The number of ether oxygens (including phenoxy) is 1. The number of thiophene rings is 1. The molecule has 0 N–H and O–H groups in total. The molecule has 0 saturated carbocycles. The average Bonchev–Trinajstić information content (AvgIpc) is 2.95. The van der Waals surface area contributed by atoms with E-state index >= 15 is 0 Å². The SMILES string of the molecule is CCOc1ncnc2c1CCN(S(=O)(=O)c1cccs1)CC2. The zero-order chi connectivity index (χ0) is 15.6. The molecule has 8 heteroatoms. The first kappa shape index (κ1) is 15.4. The van der Waals surface area contributed by atoms with E-state index in [0.29, 0.717) is 42.6 Å². The van der Waals surface area contributed by atoms with Crippen LogP contribution in [0, 0.1) is 0 Å². The fourth-order valence-electron chi connectivity index (χ4n) is 2.51. The summed E-state index contributed by atoms with van der Waals surface area (Å²) < 4.78 is 32.7. The molecular formula is C14H17N3O3S2. The summed E-state index contributed by atoms with van der Waals surface area (Å²) in [5.74, 6) is 0.572. The summed E-state index contributed by atoms with van der Waals surface area (Å²) in [6.45, 7) is 3.27. The Bertz CT molecular complexity index is 745. The second-order valence-corrected chi connectivity index (χ2v) is 7.99. The Labute approximate surface area is 133 Å². The summed E-state index contributed by atoms with van der Waals surface area (Å²) in [7, 11) is -3.42. The monoisotopic (exact) mass is 339 g/mol. The van der Waals surface area contributed by atoms with Gasteiger partial charge in [0.15, 0.2) is 0 Å². The first-order chi connectivity index (χ1) is 10.6. The van der Waals surface area contributed by atoms with E-state index in [2.05, 4.69) is 9.97 Å². The highest BCUT2D eigenvalue weighted by Gasteiger charge is 2.28. The van der Waals surface area contributed by atoms with Gasteiger partial charge in [-0.15, -0.1) is 11.3 Å². The molecule has 0 bridgehead atoms. The van der Waals surface area contributed by atoms with Gasteiger partial charge in [-0.1, -0.05) is 6.07 Å². The van der Waals surface area contributed by atoms with Crippen molar-refractivity contribution >= 4 is 21.4 Å². The molecule has 0 fully saturated rings. The largest absolute Gasteiger partial charge is 0.478 e. The lowest BCUT2D eigenvalue weighted by Gasteiger charge is -2.18. The Kier molecular flexibility index (Phi) is 4.42. The topological polar surface area (TPSA) is 72.4 Å². The highest BCUT2D eigenvalue weighted by Crippen LogP contribution is 2.26. The molecule has 0 saturated heterocycles. The number of nitrogens with zero attached hydrogens (tertiary/aromatic N) is 3. The van der Waals surface area contributed by atoms with E-state index in [9.17, 15) is 8.42 Å². The summed E-state index contributed by atoms with van der Waals surface area (Å²) in [5.41, 5.74) is 1.80. The van der Waals surface area contributed by atoms with E-state index in [1.54, 1.807) is 17.5 Å². The Morgan fingerprint density at radius 1 is 1.32 bits per heavy atom. The molecule has 0 spiro atoms. The molecule has 0 atom stereocenters. The van der Waals surface area contributed by atoms with Crippen molar-refractivity contribution in [1.82, 2.24) is 14.3 Å². The van der Waals surface area contributed by atoms with E-state index < -0.39 is 10.0 Å². The summed E-state index contributed by atoms with van der Waals surface area (Å²) in [6.07, 6.45) is 2.62. The van der Waals surface area contributed by atoms with Gasteiger partial charge in [0.2, 0.25) is 5.88 Å². The zero-order valence-electron chi connectivity index (χ0n) is 12.2. The minimum atomic E-state index is -3.42. The van der Waals surface area contributed by atoms with Crippen LogP contribution < -0.4 is 4.74 Å². The highest BCUT2D eigenvalue weighted by atomic mass is 32.2. The summed E-state index contributed by atoms with van der Waals surface area (Å²) in [6, 6.07) is 3.40. The van der Waals surface area contributed by atoms with E-state index in [1.807, 2.05) is 6.92 Å². The third-order valence-corrected chi connectivity index (χ3v) is 6.85. The van der Waals surface area contributed by atoms with Crippen LogP contribution in [-0.2, 0) is 22.9 Å². The molecule has 0 aromatic carbocycles. The van der Waals surface area contributed by atoms with Crippen LogP contribution in [0.4, 0.5) is 0 Å². The Morgan fingerprint density at radius 3 is 2.86 bits per heavy atom. The maximum atomic E-state index is 12.6. The minimum Gasteiger partial charge on any atom is -0.478 e. The van der Waals surface area contributed by atoms with Gasteiger partial charge in [-0.3, -0.25) is 0 Å². The van der Waals surface area contributed by atoms with E-state index in [4.69, 9.17) is 4.74 Å². The molecular weight excluding hydrogens is 322 g/mol. The van der Waals surface area contributed by atoms with E-state index in [0.717, 1.165) is 11.3 Å². The van der Waals surface area contributed by atoms with Gasteiger partial charge < -0.3 is 4.74 Å². The predicted molar refractivity (Wildman–Crippen MR) is 83.7 cm³/mol. The van der Waals surface area contributed by atoms with Crippen LogP contribution in [0.2, 0.25) is 0 Å². The van der Waals surface area contributed by atoms with Gasteiger partial charge in [-0.05, 0) is 24.8 Å². The van der Waals surface area contributed by atoms with Crippen LogP contribution >= 0.6 is 11.3 Å². The van der Waals surface area contributed by atoms with Crippen LogP contribution in [0.3, 0.4) is 0 Å². The molecule has 2 aromatic rings. The lowest BCUT2D eigenvalue weighted by Crippen LogP contribution is -2.32. The Balaban J connectivity index is 1.86. The van der Waals surface area contributed by atoms with Gasteiger partial charge in [0, 0.05) is 25.1 Å². The van der Waals surface area contributed by atoms with Gasteiger partial charge >= 0.3 is 0 Å². The fourth-order valence-corrected chi connectivity index (χ4v) is 5.10. The molecule has 1 aliphatic heterocycles. The second kappa shape index (κ2) is 6.31. The lowest BCUT2D eigenvalue weighted by molar-refractivity contribution is 0.321. The van der Waals surface area contributed by atoms with Crippen LogP contribution in [0.15, 0.2) is 28.0 Å². The van der Waals surface area contributed by atoms with Crippen molar-refractivity contribution in [2.75, 3.05) is 19.7 Å². The van der Waals surface area contributed by atoms with Gasteiger partial charge in [-0.25, -0.2) is 18.4 Å². The average molecular weight is 339 g/mol. The zero-order valence-corrected chi connectivity index (χ0v) is 13.9. The number of sulfonamides is 1. The van der Waals surface area contributed by atoms with Gasteiger partial charge in [0.1, 0.15) is 10.5 Å². The Morgan fingerprint density at radius 2 is 2.14 bits per heavy atom. The van der Waals surface area contributed by atoms with Gasteiger partial charge in [0.05, 0.1) is 12.3 Å². The van der Waals surface area contributed by atoms with Crippen molar-refractivity contribution in [2.45, 2.75) is 24.0 Å². The first-order valence-corrected chi connectivity index (χ1v) is 9.44. The van der Waals surface area contributed by atoms with Crippen molar-refractivity contribution in [3.8, 4) is 5.88 Å². The quantitative estimate of drug-likeness (QED) is 0.848. The highest BCUT2D eigenvalue weighted by molar-refractivity contribution is 7.91. The lowest BCUT2D eigenvalue weighted by atomic mass is 10.1. The molecule has 3 heterocycles. The van der Waals surface area contributed by atoms with Crippen molar-refractivity contribution in [2.24, 2.45) is 0 Å². The standard InChI is InChI=1S/C14H17N3O3S2/c1-2-20-14-11-5-7-17(8-6-12(11)15-10-16-14)22(18,19)13-4-3-9-21-13/h3-4,9-10H,2,5-8H2,1H3. The predicted octanol–water partition coefficient (Wildman–Crippen LogP) is 1.73. The van der Waals surface area contributed by atoms with Crippen molar-refractivity contribution in [1.29, 1.82) is 0 Å². The summed E-state index contributed by atoms with van der Waals surface area (Å²) in [4.78, 5) is 8.45. The van der Waals surface area contributed by atoms with E-state index in [1.165, 1.54) is 22.0 Å². The van der Waals surface area contributed by atoms with Gasteiger partial charge in [-0.2, -0.15) is 4.31 Å². The first-order valence-electron chi connectivity index (χ1n) is 7.12. The van der Waals surface area contributed by atoms with Crippen molar-refractivity contribution < 1.29 is 13.2 Å². The van der Waals surface area contributed by atoms with Crippen molar-refractivity contribution in [3.05, 3.63) is 35.1 Å². The smallest absolute Gasteiger partial charge is 0.252 e. The number of hydrogen-bond donors (Lipinski definition) is 0. The molecule has 3 rings (SSSR count). The summed E-state index contributed by atoms with van der Waals surface area (Å²) >= 11 is 1.24. The summed E-state index contributed by atoms with van der Waals surface area (Å²) in [5, 5.41) is 1.78. The normalized spacial score (nSPS) is 16.0. The minimum absolute atomic E-state index is 0.384. The van der Waals surface area contributed by atoms with Gasteiger partial charge in [0.25, 0.3) is 10.0 Å². The molecule has 0 amide bonds.